The Balaban J connectivity index is 1.78. The van der Waals surface area contributed by atoms with Crippen LogP contribution in [0.1, 0.15) is 23.2 Å². The lowest BCUT2D eigenvalue weighted by Crippen LogP contribution is -2.28. The normalized spacial score (nSPS) is 14.6. The van der Waals surface area contributed by atoms with E-state index in [9.17, 15) is 22.8 Å². The summed E-state index contributed by atoms with van der Waals surface area (Å²) in [5, 5.41) is 2.67. The fourth-order valence-corrected chi connectivity index (χ4v) is 3.68. The summed E-state index contributed by atoms with van der Waals surface area (Å²) in [7, 11) is -0.672. The highest BCUT2D eigenvalue weighted by atomic mass is 32.2. The molecule has 9 heteroatoms. The third-order valence-electron chi connectivity index (χ3n) is 4.31. The monoisotopic (exact) mass is 401 g/mol. The largest absolute Gasteiger partial charge is 0.322 e. The van der Waals surface area contributed by atoms with E-state index < -0.39 is 15.9 Å². The van der Waals surface area contributed by atoms with Gasteiger partial charge in [-0.1, -0.05) is 6.07 Å². The number of nitrogens with zero attached hydrogens (tertiary/aromatic N) is 2. The summed E-state index contributed by atoms with van der Waals surface area (Å²) in [5.41, 5.74) is 1.05. The molecule has 1 aliphatic rings. The van der Waals surface area contributed by atoms with Crippen LogP contribution in [0.3, 0.4) is 0 Å². The lowest BCUT2D eigenvalue weighted by atomic mass is 10.1. The number of benzene rings is 2. The van der Waals surface area contributed by atoms with Gasteiger partial charge in [-0.2, -0.15) is 0 Å². The minimum Gasteiger partial charge on any atom is -0.322 e. The third kappa shape index (κ3) is 3.80. The van der Waals surface area contributed by atoms with Crippen molar-refractivity contribution in [3.63, 3.8) is 0 Å². The van der Waals surface area contributed by atoms with Gasteiger partial charge in [-0.3, -0.25) is 19.3 Å². The predicted molar refractivity (Wildman–Crippen MR) is 103 cm³/mol. The Kier molecular flexibility index (Phi) is 5.30. The topological polar surface area (TPSA) is 104 Å². The van der Waals surface area contributed by atoms with Crippen LogP contribution in [0.25, 0.3) is 0 Å². The van der Waals surface area contributed by atoms with Crippen molar-refractivity contribution in [2.75, 3.05) is 24.3 Å². The predicted octanol–water partition coefficient (Wildman–Crippen LogP) is 1.84. The van der Waals surface area contributed by atoms with E-state index in [0.717, 1.165) is 9.21 Å². The fraction of sp³-hybridized carbons (Fsp3) is 0.211. The number of hydrogen-bond acceptors (Lipinski definition) is 5. The fourth-order valence-electron chi connectivity index (χ4n) is 2.78. The van der Waals surface area contributed by atoms with Crippen LogP contribution in [-0.4, -0.2) is 44.5 Å². The van der Waals surface area contributed by atoms with E-state index in [-0.39, 0.29) is 35.1 Å². The molecule has 3 rings (SSSR count). The van der Waals surface area contributed by atoms with Crippen molar-refractivity contribution in [2.24, 2.45) is 0 Å². The third-order valence-corrected chi connectivity index (χ3v) is 6.14. The molecule has 8 nitrogen and oxygen atoms in total. The summed E-state index contributed by atoms with van der Waals surface area (Å²) in [6.07, 6.45) is 0.328. The second-order valence-corrected chi connectivity index (χ2v) is 8.59. The summed E-state index contributed by atoms with van der Waals surface area (Å²) in [5.74, 6) is -1.02. The van der Waals surface area contributed by atoms with Crippen LogP contribution in [-0.2, 0) is 19.6 Å². The summed E-state index contributed by atoms with van der Waals surface area (Å²) in [4.78, 5) is 37.4. The van der Waals surface area contributed by atoms with Crippen LogP contribution in [0, 0.1) is 0 Å². The molecule has 3 amide bonds. The van der Waals surface area contributed by atoms with E-state index in [1.54, 1.807) is 18.2 Å². The van der Waals surface area contributed by atoms with Gasteiger partial charge in [-0.05, 0) is 42.5 Å². The highest BCUT2D eigenvalue weighted by Gasteiger charge is 2.30. The first-order chi connectivity index (χ1) is 13.2. The van der Waals surface area contributed by atoms with Crippen LogP contribution in [0.5, 0.6) is 0 Å². The van der Waals surface area contributed by atoms with E-state index >= 15 is 0 Å². The molecule has 0 atom stereocenters. The zero-order valence-corrected chi connectivity index (χ0v) is 16.2. The number of carbonyl (C=O) groups is 3. The molecular weight excluding hydrogens is 382 g/mol. The zero-order chi connectivity index (χ0) is 20.5. The van der Waals surface area contributed by atoms with Gasteiger partial charge >= 0.3 is 0 Å². The SMILES string of the molecule is CN(C)S(=O)(=O)c1ccc(NC(=O)c2cccc(N3C(=O)CCC3=O)c2)cc1. The lowest BCUT2D eigenvalue weighted by molar-refractivity contribution is -0.121. The average molecular weight is 401 g/mol. The molecule has 1 fully saturated rings. The molecule has 2 aromatic carbocycles. The van der Waals surface area contributed by atoms with Gasteiger partial charge in [0.1, 0.15) is 0 Å². The summed E-state index contributed by atoms with van der Waals surface area (Å²) in [6, 6.07) is 12.0. The van der Waals surface area contributed by atoms with Gasteiger partial charge in [0.05, 0.1) is 10.6 Å². The van der Waals surface area contributed by atoms with E-state index in [0.29, 0.717) is 11.4 Å². The van der Waals surface area contributed by atoms with Gasteiger partial charge in [-0.15, -0.1) is 0 Å². The first-order valence-corrected chi connectivity index (χ1v) is 9.94. The number of nitrogens with one attached hydrogen (secondary N) is 1. The molecule has 0 unspecified atom stereocenters. The maximum Gasteiger partial charge on any atom is 0.255 e. The van der Waals surface area contributed by atoms with Gasteiger partial charge in [0, 0.05) is 38.2 Å². The second-order valence-electron chi connectivity index (χ2n) is 6.44. The van der Waals surface area contributed by atoms with Crippen LogP contribution >= 0.6 is 0 Å². The molecule has 0 aliphatic carbocycles. The number of sulfonamides is 1. The Bertz CT molecular complexity index is 1030. The molecule has 0 radical (unpaired) electrons. The molecular formula is C19H19N3O5S. The Morgan fingerprint density at radius 2 is 1.61 bits per heavy atom. The Labute approximate surface area is 162 Å². The van der Waals surface area contributed by atoms with Crippen LogP contribution in [0.15, 0.2) is 53.4 Å². The van der Waals surface area contributed by atoms with Crippen LogP contribution in [0.2, 0.25) is 0 Å². The van der Waals surface area contributed by atoms with E-state index in [1.165, 1.54) is 44.4 Å². The minimum absolute atomic E-state index is 0.114. The molecule has 0 spiro atoms. The van der Waals surface area contributed by atoms with E-state index in [2.05, 4.69) is 5.32 Å². The lowest BCUT2D eigenvalue weighted by Gasteiger charge is -2.15. The maximum absolute atomic E-state index is 12.5. The smallest absolute Gasteiger partial charge is 0.255 e. The molecule has 1 N–H and O–H groups in total. The molecule has 28 heavy (non-hydrogen) atoms. The highest BCUT2D eigenvalue weighted by molar-refractivity contribution is 7.89. The summed E-state index contributed by atoms with van der Waals surface area (Å²) < 4.78 is 25.3. The van der Waals surface area contributed by atoms with E-state index in [4.69, 9.17) is 0 Å². The summed E-state index contributed by atoms with van der Waals surface area (Å²) >= 11 is 0. The number of carbonyl (C=O) groups excluding carboxylic acids is 3. The van der Waals surface area contributed by atoms with Crippen LogP contribution < -0.4 is 10.2 Å². The molecule has 1 heterocycles. The quantitative estimate of drug-likeness (QED) is 0.770. The number of imide groups is 1. The Hall–Kier alpha value is -3.04. The molecule has 0 aromatic heterocycles. The molecule has 1 saturated heterocycles. The van der Waals surface area contributed by atoms with Crippen LogP contribution in [0.4, 0.5) is 11.4 Å². The van der Waals surface area contributed by atoms with Gasteiger partial charge in [0.25, 0.3) is 5.91 Å². The molecule has 1 aliphatic heterocycles. The molecule has 0 bridgehead atoms. The minimum atomic E-state index is -3.55. The van der Waals surface area contributed by atoms with Crippen molar-refractivity contribution in [1.82, 2.24) is 4.31 Å². The van der Waals surface area contributed by atoms with Gasteiger partial charge in [0.15, 0.2) is 0 Å². The zero-order valence-electron chi connectivity index (χ0n) is 15.4. The second kappa shape index (κ2) is 7.53. The first-order valence-electron chi connectivity index (χ1n) is 8.50. The number of anilines is 2. The number of hydrogen-bond donors (Lipinski definition) is 1. The Morgan fingerprint density at radius 1 is 1.00 bits per heavy atom. The van der Waals surface area contributed by atoms with Crippen molar-refractivity contribution in [2.45, 2.75) is 17.7 Å². The van der Waals surface area contributed by atoms with Crippen molar-refractivity contribution in [1.29, 1.82) is 0 Å². The molecule has 0 saturated carbocycles. The number of amides is 3. The Morgan fingerprint density at radius 3 is 2.18 bits per heavy atom. The van der Waals surface area contributed by atoms with Crippen molar-refractivity contribution >= 4 is 39.1 Å². The summed E-state index contributed by atoms with van der Waals surface area (Å²) in [6.45, 7) is 0. The first kappa shape index (κ1) is 19.7. The number of rotatable bonds is 5. The molecule has 146 valence electrons. The molecule has 2 aromatic rings. The van der Waals surface area contributed by atoms with Gasteiger partial charge in [-0.25, -0.2) is 12.7 Å². The maximum atomic E-state index is 12.5. The average Bonchev–Trinajstić information content (AvgIpc) is 3.00. The van der Waals surface area contributed by atoms with Crippen molar-refractivity contribution in [3.05, 3.63) is 54.1 Å². The van der Waals surface area contributed by atoms with Gasteiger partial charge < -0.3 is 5.32 Å². The van der Waals surface area contributed by atoms with Gasteiger partial charge in [0.2, 0.25) is 21.8 Å². The van der Waals surface area contributed by atoms with Crippen molar-refractivity contribution in [3.8, 4) is 0 Å². The van der Waals surface area contributed by atoms with Crippen molar-refractivity contribution < 1.29 is 22.8 Å². The highest BCUT2D eigenvalue weighted by Crippen LogP contribution is 2.24. The standard InChI is InChI=1S/C19H19N3O5S/c1-21(2)28(26,27)16-8-6-14(7-9-16)20-19(25)13-4-3-5-15(12-13)22-17(23)10-11-18(22)24/h3-9,12H,10-11H2,1-2H3,(H,20,25). The van der Waals surface area contributed by atoms with E-state index in [1.807, 2.05) is 0 Å².